The van der Waals surface area contributed by atoms with Gasteiger partial charge in [-0.3, -0.25) is 0 Å². The molecule has 0 spiro atoms. The van der Waals surface area contributed by atoms with Gasteiger partial charge in [-0.15, -0.1) is 10.2 Å². The van der Waals surface area contributed by atoms with Gasteiger partial charge in [0.15, 0.2) is 10.8 Å². The first-order valence-corrected chi connectivity index (χ1v) is 5.88. The lowest BCUT2D eigenvalue weighted by atomic mass is 10.2. The van der Waals surface area contributed by atoms with Crippen LogP contribution in [0.1, 0.15) is 5.01 Å². The van der Waals surface area contributed by atoms with Crippen LogP contribution in [0, 0.1) is 5.82 Å². The van der Waals surface area contributed by atoms with E-state index in [0.29, 0.717) is 23.5 Å². The highest BCUT2D eigenvalue weighted by atomic mass is 35.5. The monoisotopic (exact) mass is 257 g/mol. The smallest absolute Gasteiger partial charge is 0.152 e. The molecule has 6 heteroatoms. The van der Waals surface area contributed by atoms with E-state index in [1.165, 1.54) is 17.4 Å². The largest absolute Gasteiger partial charge is 0.330 e. The van der Waals surface area contributed by atoms with Gasteiger partial charge in [0, 0.05) is 12.0 Å². The van der Waals surface area contributed by atoms with Crippen LogP contribution in [0.5, 0.6) is 0 Å². The summed E-state index contributed by atoms with van der Waals surface area (Å²) in [6.45, 7) is 0.507. The van der Waals surface area contributed by atoms with Gasteiger partial charge < -0.3 is 5.73 Å². The molecule has 0 saturated heterocycles. The topological polar surface area (TPSA) is 51.8 Å². The van der Waals surface area contributed by atoms with Gasteiger partial charge in [0.05, 0.1) is 5.02 Å². The van der Waals surface area contributed by atoms with E-state index in [-0.39, 0.29) is 5.02 Å². The lowest BCUT2D eigenvalue weighted by Crippen LogP contribution is -2.01. The number of aromatic nitrogens is 2. The molecule has 0 aliphatic heterocycles. The zero-order valence-electron chi connectivity index (χ0n) is 8.28. The van der Waals surface area contributed by atoms with Crippen molar-refractivity contribution in [1.29, 1.82) is 0 Å². The molecule has 1 aromatic carbocycles. The first-order valence-electron chi connectivity index (χ1n) is 4.69. The first-order chi connectivity index (χ1) is 7.72. The zero-order valence-corrected chi connectivity index (χ0v) is 9.85. The quantitative estimate of drug-likeness (QED) is 0.919. The van der Waals surface area contributed by atoms with Crippen molar-refractivity contribution in [2.75, 3.05) is 6.54 Å². The van der Waals surface area contributed by atoms with E-state index in [0.717, 1.165) is 5.01 Å². The van der Waals surface area contributed by atoms with Crippen LogP contribution in [0.25, 0.3) is 10.6 Å². The van der Waals surface area contributed by atoms with Gasteiger partial charge in [-0.2, -0.15) is 0 Å². The molecule has 0 amide bonds. The van der Waals surface area contributed by atoms with E-state index in [4.69, 9.17) is 17.3 Å². The third kappa shape index (κ3) is 2.21. The predicted molar refractivity (Wildman–Crippen MR) is 63.1 cm³/mol. The van der Waals surface area contributed by atoms with Crippen LogP contribution in [0.2, 0.25) is 5.02 Å². The van der Waals surface area contributed by atoms with Gasteiger partial charge in [0.2, 0.25) is 0 Å². The van der Waals surface area contributed by atoms with E-state index >= 15 is 0 Å². The molecule has 0 unspecified atom stereocenters. The molecule has 2 rings (SSSR count). The summed E-state index contributed by atoms with van der Waals surface area (Å²) in [6.07, 6.45) is 0.653. The molecule has 0 aliphatic carbocycles. The average molecular weight is 258 g/mol. The van der Waals surface area contributed by atoms with Crippen molar-refractivity contribution < 1.29 is 4.39 Å². The van der Waals surface area contributed by atoms with Gasteiger partial charge in [-0.05, 0) is 18.7 Å². The van der Waals surface area contributed by atoms with Crippen molar-refractivity contribution in [3.63, 3.8) is 0 Å². The maximum atomic E-state index is 13.7. The zero-order chi connectivity index (χ0) is 11.5. The normalized spacial score (nSPS) is 10.7. The minimum atomic E-state index is -0.459. The summed E-state index contributed by atoms with van der Waals surface area (Å²) in [5.74, 6) is -0.459. The Labute approximate surface area is 101 Å². The number of nitrogens with zero attached hydrogens (tertiary/aromatic N) is 2. The van der Waals surface area contributed by atoms with E-state index in [9.17, 15) is 4.39 Å². The maximum Gasteiger partial charge on any atom is 0.152 e. The van der Waals surface area contributed by atoms with Crippen molar-refractivity contribution in [3.05, 3.63) is 34.0 Å². The molecule has 0 atom stereocenters. The van der Waals surface area contributed by atoms with Gasteiger partial charge in [-0.25, -0.2) is 4.39 Å². The SMILES string of the molecule is NCCc1nnc(-c2cccc(Cl)c2F)s1. The Hall–Kier alpha value is -1.04. The minimum Gasteiger partial charge on any atom is -0.330 e. The second-order valence-corrected chi connectivity index (χ2v) is 4.61. The van der Waals surface area contributed by atoms with Gasteiger partial charge in [0.1, 0.15) is 5.01 Å². The molecule has 16 heavy (non-hydrogen) atoms. The molecular formula is C10H9ClFN3S. The molecule has 3 nitrogen and oxygen atoms in total. The van der Waals surface area contributed by atoms with Gasteiger partial charge in [-0.1, -0.05) is 29.0 Å². The lowest BCUT2D eigenvalue weighted by Gasteiger charge is -1.98. The van der Waals surface area contributed by atoms with Crippen molar-refractivity contribution >= 4 is 22.9 Å². The van der Waals surface area contributed by atoms with Crippen LogP contribution in [0.3, 0.4) is 0 Å². The van der Waals surface area contributed by atoms with Gasteiger partial charge in [0.25, 0.3) is 0 Å². The molecule has 1 heterocycles. The van der Waals surface area contributed by atoms with Crippen LogP contribution < -0.4 is 5.73 Å². The fraction of sp³-hybridized carbons (Fsp3) is 0.200. The Balaban J connectivity index is 2.39. The Bertz CT molecular complexity index is 501. The molecule has 0 aliphatic rings. The van der Waals surface area contributed by atoms with Crippen molar-refractivity contribution in [3.8, 4) is 10.6 Å². The summed E-state index contributed by atoms with van der Waals surface area (Å²) in [6, 6.07) is 4.82. The Morgan fingerprint density at radius 1 is 1.38 bits per heavy atom. The number of rotatable bonds is 3. The number of hydrogen-bond donors (Lipinski definition) is 1. The summed E-state index contributed by atoms with van der Waals surface area (Å²) >= 11 is 7.03. The number of hydrogen-bond acceptors (Lipinski definition) is 4. The molecule has 84 valence electrons. The second-order valence-electron chi connectivity index (χ2n) is 3.14. The minimum absolute atomic E-state index is 0.0908. The number of halogens is 2. The van der Waals surface area contributed by atoms with Crippen LogP contribution >= 0.6 is 22.9 Å². The third-order valence-electron chi connectivity index (χ3n) is 2.01. The van der Waals surface area contributed by atoms with E-state index in [1.54, 1.807) is 12.1 Å². The summed E-state index contributed by atoms with van der Waals surface area (Å²) < 4.78 is 13.7. The fourth-order valence-corrected chi connectivity index (χ4v) is 2.30. The van der Waals surface area contributed by atoms with E-state index in [2.05, 4.69) is 10.2 Å². The Kier molecular flexibility index (Phi) is 3.48. The summed E-state index contributed by atoms with van der Waals surface area (Å²) in [5, 5.41) is 9.28. The standard InChI is InChI=1S/C10H9ClFN3S/c11-7-3-1-2-6(9(7)12)10-15-14-8(16-10)4-5-13/h1-3H,4-5,13H2. The highest BCUT2D eigenvalue weighted by molar-refractivity contribution is 7.14. The van der Waals surface area contributed by atoms with E-state index in [1.807, 2.05) is 0 Å². The molecule has 1 aromatic heterocycles. The lowest BCUT2D eigenvalue weighted by molar-refractivity contribution is 0.631. The number of benzene rings is 1. The molecular weight excluding hydrogens is 249 g/mol. The first kappa shape index (κ1) is 11.4. The highest BCUT2D eigenvalue weighted by Crippen LogP contribution is 2.29. The molecule has 0 fully saturated rings. The number of nitrogens with two attached hydrogens (primary N) is 1. The second kappa shape index (κ2) is 4.86. The van der Waals surface area contributed by atoms with Gasteiger partial charge >= 0.3 is 0 Å². The van der Waals surface area contributed by atoms with Crippen LogP contribution in [-0.2, 0) is 6.42 Å². The summed E-state index contributed by atoms with van der Waals surface area (Å²) in [7, 11) is 0. The molecule has 0 radical (unpaired) electrons. The Morgan fingerprint density at radius 3 is 2.94 bits per heavy atom. The van der Waals surface area contributed by atoms with Crippen molar-refractivity contribution in [2.45, 2.75) is 6.42 Å². The Morgan fingerprint density at radius 2 is 2.19 bits per heavy atom. The molecule has 0 saturated carbocycles. The maximum absolute atomic E-state index is 13.7. The predicted octanol–water partition coefficient (Wildman–Crippen LogP) is 2.50. The molecule has 2 N–H and O–H groups in total. The third-order valence-corrected chi connectivity index (χ3v) is 3.32. The van der Waals surface area contributed by atoms with Crippen LogP contribution in [-0.4, -0.2) is 16.7 Å². The van der Waals surface area contributed by atoms with Crippen molar-refractivity contribution in [1.82, 2.24) is 10.2 Å². The molecule has 2 aromatic rings. The van der Waals surface area contributed by atoms with E-state index < -0.39 is 5.82 Å². The summed E-state index contributed by atoms with van der Waals surface area (Å²) in [5.41, 5.74) is 5.79. The summed E-state index contributed by atoms with van der Waals surface area (Å²) in [4.78, 5) is 0. The van der Waals surface area contributed by atoms with Crippen LogP contribution in [0.15, 0.2) is 18.2 Å². The molecule has 0 bridgehead atoms. The van der Waals surface area contributed by atoms with Crippen LogP contribution in [0.4, 0.5) is 4.39 Å². The fourth-order valence-electron chi connectivity index (χ4n) is 1.26. The highest BCUT2D eigenvalue weighted by Gasteiger charge is 2.12. The van der Waals surface area contributed by atoms with Crippen molar-refractivity contribution in [2.24, 2.45) is 5.73 Å². The average Bonchev–Trinajstić information content (AvgIpc) is 2.71.